The highest BCUT2D eigenvalue weighted by Gasteiger charge is 1.64. The first-order chi connectivity index (χ1) is 3.68. The van der Waals surface area contributed by atoms with E-state index in [4.69, 9.17) is 16.0 Å². The van der Waals surface area contributed by atoms with Gasteiger partial charge >= 0.3 is 0 Å². The standard InChI is InChI=1S/C2H6N2O.C2H6O/c1-2(3)4-5;1-2-3/h5H,1H3,(H2,3,4);3H,2H2,1H3. The van der Waals surface area contributed by atoms with Crippen molar-refractivity contribution < 1.29 is 10.3 Å². The Kier molecular flexibility index (Phi) is 12.2. The van der Waals surface area contributed by atoms with E-state index in [0.29, 0.717) is 0 Å². The van der Waals surface area contributed by atoms with Crippen molar-refractivity contribution in [2.45, 2.75) is 13.8 Å². The highest BCUT2D eigenvalue weighted by atomic mass is 16.4. The van der Waals surface area contributed by atoms with Crippen LogP contribution in [-0.2, 0) is 0 Å². The second kappa shape index (κ2) is 9.52. The summed E-state index contributed by atoms with van der Waals surface area (Å²) in [6.07, 6.45) is 0. The van der Waals surface area contributed by atoms with E-state index < -0.39 is 0 Å². The van der Waals surface area contributed by atoms with Gasteiger partial charge in [-0.2, -0.15) is 0 Å². The van der Waals surface area contributed by atoms with Crippen LogP contribution < -0.4 is 5.73 Å². The molecular weight excluding hydrogens is 108 g/mol. The fraction of sp³-hybridized carbons (Fsp3) is 0.750. The molecule has 50 valence electrons. The highest BCUT2D eigenvalue weighted by molar-refractivity contribution is 5.76. The Morgan fingerprint density at radius 1 is 1.75 bits per heavy atom. The average Bonchev–Trinajstić information content (AvgIpc) is 1.69. The fourth-order valence-electron chi connectivity index (χ4n) is 0. The van der Waals surface area contributed by atoms with Crippen LogP contribution in [0.15, 0.2) is 5.16 Å². The maximum atomic E-state index is 7.61. The van der Waals surface area contributed by atoms with Crippen LogP contribution in [0.1, 0.15) is 13.8 Å². The third-order valence-corrected chi connectivity index (χ3v) is 0.158. The summed E-state index contributed by atoms with van der Waals surface area (Å²) in [6, 6.07) is 0. The topological polar surface area (TPSA) is 78.8 Å². The molecule has 8 heavy (non-hydrogen) atoms. The summed E-state index contributed by atoms with van der Waals surface area (Å²) in [4.78, 5) is 0. The zero-order valence-electron chi connectivity index (χ0n) is 5.13. The van der Waals surface area contributed by atoms with Crippen LogP contribution in [0.5, 0.6) is 0 Å². The minimum absolute atomic E-state index is 0.185. The van der Waals surface area contributed by atoms with Gasteiger partial charge in [0, 0.05) is 6.61 Å². The van der Waals surface area contributed by atoms with Gasteiger partial charge in [-0.05, 0) is 13.8 Å². The van der Waals surface area contributed by atoms with Crippen LogP contribution in [0.25, 0.3) is 0 Å². The first-order valence-corrected chi connectivity index (χ1v) is 2.24. The van der Waals surface area contributed by atoms with Crippen LogP contribution in [0.3, 0.4) is 0 Å². The first-order valence-electron chi connectivity index (χ1n) is 2.24. The summed E-state index contributed by atoms with van der Waals surface area (Å²) >= 11 is 0. The summed E-state index contributed by atoms with van der Waals surface area (Å²) in [5, 5.41) is 17.8. The zero-order valence-corrected chi connectivity index (χ0v) is 5.13. The van der Waals surface area contributed by atoms with Crippen molar-refractivity contribution in [2.24, 2.45) is 10.9 Å². The molecule has 4 heteroatoms. The Bertz CT molecular complexity index is 59.1. The minimum Gasteiger partial charge on any atom is -0.409 e. The van der Waals surface area contributed by atoms with E-state index >= 15 is 0 Å². The number of hydrogen-bond acceptors (Lipinski definition) is 3. The number of aliphatic hydroxyl groups excluding tert-OH is 1. The molecule has 0 saturated heterocycles. The van der Waals surface area contributed by atoms with Gasteiger partial charge in [0.25, 0.3) is 0 Å². The van der Waals surface area contributed by atoms with Crippen LogP contribution in [0.2, 0.25) is 0 Å². The molecule has 0 aliphatic carbocycles. The van der Waals surface area contributed by atoms with Gasteiger partial charge in [-0.25, -0.2) is 0 Å². The molecule has 4 N–H and O–H groups in total. The molecule has 0 aliphatic rings. The number of aliphatic hydroxyl groups is 1. The Balaban J connectivity index is 0. The van der Waals surface area contributed by atoms with Gasteiger partial charge in [0.1, 0.15) is 5.84 Å². The molecule has 0 heterocycles. The summed E-state index contributed by atoms with van der Waals surface area (Å²) in [5.74, 6) is 0.185. The van der Waals surface area contributed by atoms with Crippen LogP contribution >= 0.6 is 0 Å². The largest absolute Gasteiger partial charge is 0.409 e. The molecule has 0 aromatic heterocycles. The van der Waals surface area contributed by atoms with Crippen LogP contribution in [-0.4, -0.2) is 22.8 Å². The van der Waals surface area contributed by atoms with Crippen molar-refractivity contribution >= 4 is 5.84 Å². The molecule has 0 atom stereocenters. The van der Waals surface area contributed by atoms with Gasteiger partial charge in [0.05, 0.1) is 0 Å². The monoisotopic (exact) mass is 120 g/mol. The lowest BCUT2D eigenvalue weighted by atomic mass is 10.7. The van der Waals surface area contributed by atoms with Gasteiger partial charge in [0.2, 0.25) is 0 Å². The van der Waals surface area contributed by atoms with Gasteiger partial charge in [-0.1, -0.05) is 5.16 Å². The molecule has 0 aromatic carbocycles. The van der Waals surface area contributed by atoms with Crippen molar-refractivity contribution in [1.82, 2.24) is 0 Å². The fourth-order valence-corrected chi connectivity index (χ4v) is 0. The normalized spacial score (nSPS) is 9.62. The number of nitrogens with two attached hydrogens (primary N) is 1. The van der Waals surface area contributed by atoms with Crippen LogP contribution in [0, 0.1) is 0 Å². The van der Waals surface area contributed by atoms with Crippen molar-refractivity contribution in [3.8, 4) is 0 Å². The molecule has 0 radical (unpaired) electrons. The second-order valence-electron chi connectivity index (χ2n) is 1.06. The lowest BCUT2D eigenvalue weighted by Gasteiger charge is -1.73. The molecule has 0 fully saturated rings. The van der Waals surface area contributed by atoms with E-state index in [0.717, 1.165) is 0 Å². The smallest absolute Gasteiger partial charge is 0.135 e. The third-order valence-electron chi connectivity index (χ3n) is 0.158. The van der Waals surface area contributed by atoms with Gasteiger partial charge < -0.3 is 16.0 Å². The number of hydrogen-bond donors (Lipinski definition) is 3. The Hall–Kier alpha value is -0.770. The number of nitrogens with zero attached hydrogens (tertiary/aromatic N) is 1. The Morgan fingerprint density at radius 3 is 1.88 bits per heavy atom. The van der Waals surface area contributed by atoms with E-state index in [1.165, 1.54) is 6.92 Å². The molecular formula is C4H12N2O2. The van der Waals surface area contributed by atoms with Crippen LogP contribution in [0.4, 0.5) is 0 Å². The zero-order chi connectivity index (χ0) is 6.99. The molecule has 0 aliphatic heterocycles. The number of amidine groups is 1. The van der Waals surface area contributed by atoms with Gasteiger partial charge in [-0.3, -0.25) is 0 Å². The molecule has 4 nitrogen and oxygen atoms in total. The molecule has 0 bridgehead atoms. The highest BCUT2D eigenvalue weighted by Crippen LogP contribution is 1.51. The third kappa shape index (κ3) is 61.9. The summed E-state index contributed by atoms with van der Waals surface area (Å²) in [7, 11) is 0. The van der Waals surface area contributed by atoms with Crippen molar-refractivity contribution in [1.29, 1.82) is 0 Å². The molecule has 0 saturated carbocycles. The predicted molar refractivity (Wildman–Crippen MR) is 31.8 cm³/mol. The SMILES string of the molecule is CC(N)=NO.CCO. The van der Waals surface area contributed by atoms with E-state index in [-0.39, 0.29) is 12.4 Å². The molecule has 0 aromatic rings. The second-order valence-corrected chi connectivity index (χ2v) is 1.06. The summed E-state index contributed by atoms with van der Waals surface area (Å²) in [6.45, 7) is 3.43. The minimum atomic E-state index is 0.185. The Morgan fingerprint density at radius 2 is 1.88 bits per heavy atom. The maximum absolute atomic E-state index is 7.61. The predicted octanol–water partition coefficient (Wildman–Crippen LogP) is -0.249. The van der Waals surface area contributed by atoms with E-state index in [2.05, 4.69) is 5.16 Å². The summed E-state index contributed by atoms with van der Waals surface area (Å²) in [5.41, 5.74) is 4.79. The lowest BCUT2D eigenvalue weighted by Crippen LogP contribution is -2.03. The molecule has 0 spiro atoms. The van der Waals surface area contributed by atoms with Crippen molar-refractivity contribution in [2.75, 3.05) is 6.61 Å². The van der Waals surface area contributed by atoms with Crippen molar-refractivity contribution in [3.05, 3.63) is 0 Å². The number of rotatable bonds is 0. The number of oxime groups is 1. The van der Waals surface area contributed by atoms with E-state index in [9.17, 15) is 0 Å². The Labute approximate surface area is 48.6 Å². The quantitative estimate of drug-likeness (QED) is 0.178. The molecule has 0 amide bonds. The van der Waals surface area contributed by atoms with Gasteiger partial charge in [0.15, 0.2) is 0 Å². The van der Waals surface area contributed by atoms with Gasteiger partial charge in [-0.15, -0.1) is 0 Å². The summed E-state index contributed by atoms with van der Waals surface area (Å²) < 4.78 is 0. The average molecular weight is 120 g/mol. The maximum Gasteiger partial charge on any atom is 0.135 e. The van der Waals surface area contributed by atoms with E-state index in [1.54, 1.807) is 6.92 Å². The molecule has 0 rings (SSSR count). The first kappa shape index (κ1) is 10.3. The van der Waals surface area contributed by atoms with Crippen molar-refractivity contribution in [3.63, 3.8) is 0 Å². The molecule has 0 unspecified atom stereocenters. The lowest BCUT2D eigenvalue weighted by molar-refractivity contribution is 0.318. The van der Waals surface area contributed by atoms with E-state index in [1.807, 2.05) is 0 Å².